The summed E-state index contributed by atoms with van der Waals surface area (Å²) >= 11 is 0. The normalized spacial score (nSPS) is 10.8. The quantitative estimate of drug-likeness (QED) is 0.279. The zero-order valence-corrected chi connectivity index (χ0v) is 15.8. The van der Waals surface area contributed by atoms with Crippen LogP contribution in [0, 0.1) is 11.3 Å². The topological polar surface area (TPSA) is 68.5 Å². The van der Waals surface area contributed by atoms with E-state index in [1.165, 1.54) is 0 Å². The summed E-state index contributed by atoms with van der Waals surface area (Å²) in [4.78, 5) is 12.6. The Morgan fingerprint density at radius 2 is 1.81 bits per heavy atom. The molecule has 0 N–H and O–H groups in total. The number of methoxy groups -OCH3 is 2. The minimum Gasteiger partial charge on any atom is -0.497 e. The third kappa shape index (κ3) is 5.35. The molecule has 5 heteroatoms. The highest BCUT2D eigenvalue weighted by Crippen LogP contribution is 2.29. The number of hydrogen-bond donors (Lipinski definition) is 0. The summed E-state index contributed by atoms with van der Waals surface area (Å²) in [6.07, 6.45) is 3.51. The lowest BCUT2D eigenvalue weighted by Gasteiger charge is -2.11. The third-order valence-corrected chi connectivity index (χ3v) is 3.97. The number of unbranched alkanes of at least 4 members (excludes halogenated alkanes) is 1. The van der Waals surface area contributed by atoms with E-state index in [0.717, 1.165) is 12.8 Å². The Labute approximate surface area is 159 Å². The van der Waals surface area contributed by atoms with Gasteiger partial charge in [0.1, 0.15) is 17.4 Å². The molecule has 0 heterocycles. The van der Waals surface area contributed by atoms with E-state index in [2.05, 4.69) is 6.92 Å². The van der Waals surface area contributed by atoms with Crippen molar-refractivity contribution in [2.24, 2.45) is 0 Å². The fourth-order valence-electron chi connectivity index (χ4n) is 2.44. The number of benzene rings is 2. The average Bonchev–Trinajstić information content (AvgIpc) is 2.72. The van der Waals surface area contributed by atoms with Crippen LogP contribution >= 0.6 is 0 Å². The van der Waals surface area contributed by atoms with Crippen molar-refractivity contribution in [3.8, 4) is 23.3 Å². The minimum atomic E-state index is -0.343. The van der Waals surface area contributed by atoms with Gasteiger partial charge in [-0.05, 0) is 54.5 Å². The summed E-state index contributed by atoms with van der Waals surface area (Å²) in [5.74, 6) is 1.51. The largest absolute Gasteiger partial charge is 0.497 e. The van der Waals surface area contributed by atoms with Crippen LogP contribution in [0.3, 0.4) is 0 Å². The average molecular weight is 365 g/mol. The molecule has 0 radical (unpaired) electrons. The van der Waals surface area contributed by atoms with Crippen molar-refractivity contribution in [3.63, 3.8) is 0 Å². The Morgan fingerprint density at radius 3 is 2.41 bits per heavy atom. The number of ketones is 1. The first-order chi connectivity index (χ1) is 13.1. The van der Waals surface area contributed by atoms with Gasteiger partial charge in [0, 0.05) is 5.56 Å². The van der Waals surface area contributed by atoms with Gasteiger partial charge in [-0.2, -0.15) is 5.26 Å². The first-order valence-corrected chi connectivity index (χ1v) is 8.74. The first kappa shape index (κ1) is 20.1. The minimum absolute atomic E-state index is 0.0461. The maximum Gasteiger partial charge on any atom is 0.203 e. The summed E-state index contributed by atoms with van der Waals surface area (Å²) < 4.78 is 16.2. The second-order valence-corrected chi connectivity index (χ2v) is 5.84. The summed E-state index contributed by atoms with van der Waals surface area (Å²) in [5, 5.41) is 9.44. The number of ether oxygens (including phenoxy) is 3. The number of carbonyl (C=O) groups excluding carboxylic acids is 1. The van der Waals surface area contributed by atoms with Gasteiger partial charge in [-0.3, -0.25) is 4.79 Å². The van der Waals surface area contributed by atoms with Crippen molar-refractivity contribution in [3.05, 3.63) is 59.2 Å². The number of carbonyl (C=O) groups is 1. The molecule has 0 aliphatic heterocycles. The maximum atomic E-state index is 12.6. The Hall–Kier alpha value is -3.26. The van der Waals surface area contributed by atoms with Gasteiger partial charge in [0.25, 0.3) is 0 Å². The molecule has 2 rings (SSSR count). The first-order valence-electron chi connectivity index (χ1n) is 8.74. The van der Waals surface area contributed by atoms with Crippen LogP contribution in [0.4, 0.5) is 0 Å². The lowest BCUT2D eigenvalue weighted by atomic mass is 10.0. The second kappa shape index (κ2) is 10.0. The number of hydrogen-bond acceptors (Lipinski definition) is 5. The molecule has 0 amide bonds. The van der Waals surface area contributed by atoms with Crippen LogP contribution in [0.2, 0.25) is 0 Å². The predicted octanol–water partition coefficient (Wildman–Crippen LogP) is 4.67. The molecular weight excluding hydrogens is 342 g/mol. The van der Waals surface area contributed by atoms with Crippen LogP contribution in [0.5, 0.6) is 17.2 Å². The molecule has 0 atom stereocenters. The van der Waals surface area contributed by atoms with Crippen molar-refractivity contribution in [2.45, 2.75) is 19.8 Å². The van der Waals surface area contributed by atoms with Crippen molar-refractivity contribution < 1.29 is 19.0 Å². The van der Waals surface area contributed by atoms with E-state index in [1.807, 2.05) is 6.07 Å². The summed E-state index contributed by atoms with van der Waals surface area (Å²) in [6.45, 7) is 2.67. The van der Waals surface area contributed by atoms with E-state index in [4.69, 9.17) is 14.2 Å². The van der Waals surface area contributed by atoms with Crippen LogP contribution in [0.1, 0.15) is 35.7 Å². The lowest BCUT2D eigenvalue weighted by Crippen LogP contribution is -2.02. The number of allylic oxidation sites excluding steroid dienone is 1. The zero-order valence-electron chi connectivity index (χ0n) is 15.8. The van der Waals surface area contributed by atoms with Crippen molar-refractivity contribution in [2.75, 3.05) is 20.8 Å². The highest BCUT2D eigenvalue weighted by molar-refractivity contribution is 6.14. The SMILES string of the molecule is CCCCOc1cc(C=C(C#N)C(=O)c2ccc(OC)cc2)ccc1OC. The van der Waals surface area contributed by atoms with E-state index in [-0.39, 0.29) is 11.4 Å². The Morgan fingerprint density at radius 1 is 1.07 bits per heavy atom. The maximum absolute atomic E-state index is 12.6. The van der Waals surface area contributed by atoms with Crippen LogP contribution in [-0.2, 0) is 0 Å². The van der Waals surface area contributed by atoms with Gasteiger partial charge >= 0.3 is 0 Å². The standard InChI is InChI=1S/C22H23NO4/c1-4-5-12-27-21-14-16(6-11-20(21)26-3)13-18(15-23)22(24)17-7-9-19(25-2)10-8-17/h6-11,13-14H,4-5,12H2,1-3H3. The third-order valence-electron chi connectivity index (χ3n) is 3.97. The van der Waals surface area contributed by atoms with Gasteiger partial charge in [-0.1, -0.05) is 19.4 Å². The lowest BCUT2D eigenvalue weighted by molar-refractivity contribution is 0.104. The number of rotatable bonds is 9. The highest BCUT2D eigenvalue weighted by atomic mass is 16.5. The predicted molar refractivity (Wildman–Crippen MR) is 104 cm³/mol. The molecule has 0 unspecified atom stereocenters. The van der Waals surface area contributed by atoms with Gasteiger partial charge in [0.15, 0.2) is 11.5 Å². The monoisotopic (exact) mass is 365 g/mol. The Kier molecular flexibility index (Phi) is 7.45. The molecule has 5 nitrogen and oxygen atoms in total. The molecule has 0 spiro atoms. The van der Waals surface area contributed by atoms with Gasteiger partial charge in [-0.15, -0.1) is 0 Å². The van der Waals surface area contributed by atoms with E-state index in [0.29, 0.717) is 35.0 Å². The van der Waals surface area contributed by atoms with Gasteiger partial charge in [0.05, 0.1) is 20.8 Å². The number of nitrogens with zero attached hydrogens (tertiary/aromatic N) is 1. The summed E-state index contributed by atoms with van der Waals surface area (Å²) in [5.41, 5.74) is 1.17. The molecule has 140 valence electrons. The summed E-state index contributed by atoms with van der Waals surface area (Å²) in [7, 11) is 3.13. The van der Waals surface area contributed by atoms with Crippen LogP contribution in [-0.4, -0.2) is 26.6 Å². The van der Waals surface area contributed by atoms with Crippen molar-refractivity contribution in [1.82, 2.24) is 0 Å². The van der Waals surface area contributed by atoms with Gasteiger partial charge in [0.2, 0.25) is 5.78 Å². The fourth-order valence-corrected chi connectivity index (χ4v) is 2.44. The highest BCUT2D eigenvalue weighted by Gasteiger charge is 2.13. The Balaban J connectivity index is 2.28. The number of nitriles is 1. The van der Waals surface area contributed by atoms with Gasteiger partial charge in [-0.25, -0.2) is 0 Å². The zero-order chi connectivity index (χ0) is 19.6. The molecule has 2 aromatic carbocycles. The molecule has 0 aromatic heterocycles. The summed E-state index contributed by atoms with van der Waals surface area (Å²) in [6, 6.07) is 14.0. The molecule has 27 heavy (non-hydrogen) atoms. The van der Waals surface area contributed by atoms with Crippen LogP contribution < -0.4 is 14.2 Å². The number of Topliss-reactive ketones (excluding diaryl/α,β-unsaturated/α-hetero) is 1. The second-order valence-electron chi connectivity index (χ2n) is 5.84. The molecule has 0 aliphatic carbocycles. The van der Waals surface area contributed by atoms with E-state index < -0.39 is 0 Å². The molecular formula is C22H23NO4. The van der Waals surface area contributed by atoms with Crippen molar-refractivity contribution in [1.29, 1.82) is 5.26 Å². The molecule has 0 saturated heterocycles. The molecule has 0 fully saturated rings. The van der Waals surface area contributed by atoms with Gasteiger partial charge < -0.3 is 14.2 Å². The van der Waals surface area contributed by atoms with Crippen LogP contribution in [0.15, 0.2) is 48.0 Å². The van der Waals surface area contributed by atoms with Crippen LogP contribution in [0.25, 0.3) is 6.08 Å². The molecule has 0 saturated carbocycles. The van der Waals surface area contributed by atoms with E-state index in [1.54, 1.807) is 62.8 Å². The van der Waals surface area contributed by atoms with Crippen molar-refractivity contribution >= 4 is 11.9 Å². The molecule has 2 aromatic rings. The molecule has 0 aliphatic rings. The van der Waals surface area contributed by atoms with E-state index >= 15 is 0 Å². The Bertz CT molecular complexity index is 848. The van der Waals surface area contributed by atoms with E-state index in [9.17, 15) is 10.1 Å². The smallest absolute Gasteiger partial charge is 0.203 e. The molecule has 0 bridgehead atoms. The fraction of sp³-hybridized carbons (Fsp3) is 0.273.